The summed E-state index contributed by atoms with van der Waals surface area (Å²) in [4.78, 5) is 14.0. The fourth-order valence-electron chi connectivity index (χ4n) is 3.60. The average molecular weight is 384 g/mol. The van der Waals surface area contributed by atoms with Crippen molar-refractivity contribution in [2.45, 2.75) is 25.4 Å². The van der Waals surface area contributed by atoms with E-state index < -0.39 is 0 Å². The monoisotopic (exact) mass is 384 g/mol. The van der Waals surface area contributed by atoms with Crippen LogP contribution < -0.4 is 14.8 Å². The Hall–Kier alpha value is -2.73. The molecule has 1 fully saturated rings. The van der Waals surface area contributed by atoms with E-state index in [0.717, 1.165) is 49.7 Å². The maximum absolute atomic E-state index is 11.6. The molecule has 0 amide bonds. The highest BCUT2D eigenvalue weighted by Crippen LogP contribution is 2.30. The van der Waals surface area contributed by atoms with Crippen molar-refractivity contribution in [1.82, 2.24) is 4.90 Å². The molecule has 2 aromatic rings. The van der Waals surface area contributed by atoms with Gasteiger partial charge in [0, 0.05) is 30.9 Å². The summed E-state index contributed by atoms with van der Waals surface area (Å²) in [6, 6.07) is 13.9. The van der Waals surface area contributed by atoms with Crippen molar-refractivity contribution < 1.29 is 19.0 Å². The van der Waals surface area contributed by atoms with E-state index in [1.807, 2.05) is 42.5 Å². The second-order valence-electron chi connectivity index (χ2n) is 6.98. The Morgan fingerprint density at radius 1 is 1.07 bits per heavy atom. The molecule has 1 saturated heterocycles. The van der Waals surface area contributed by atoms with Crippen LogP contribution in [-0.2, 0) is 11.3 Å². The fraction of sp³-hybridized carbons (Fsp3) is 0.409. The van der Waals surface area contributed by atoms with Gasteiger partial charge in [0.15, 0.2) is 11.5 Å². The molecule has 3 rings (SSSR count). The van der Waals surface area contributed by atoms with Gasteiger partial charge in [-0.3, -0.25) is 4.90 Å². The number of ether oxygens (including phenoxy) is 3. The summed E-state index contributed by atoms with van der Waals surface area (Å²) in [5.74, 6) is 1.16. The first-order valence-electron chi connectivity index (χ1n) is 9.51. The van der Waals surface area contributed by atoms with Crippen molar-refractivity contribution in [3.63, 3.8) is 0 Å². The minimum absolute atomic E-state index is 0.302. The maximum atomic E-state index is 11.6. The van der Waals surface area contributed by atoms with E-state index in [1.165, 1.54) is 12.7 Å². The molecule has 0 radical (unpaired) electrons. The van der Waals surface area contributed by atoms with Gasteiger partial charge in [0.2, 0.25) is 0 Å². The first kappa shape index (κ1) is 20.0. The Balaban J connectivity index is 1.59. The number of nitrogens with one attached hydrogen (secondary N) is 1. The largest absolute Gasteiger partial charge is 0.493 e. The van der Waals surface area contributed by atoms with Crippen LogP contribution in [0.4, 0.5) is 5.69 Å². The Kier molecular flexibility index (Phi) is 6.76. The number of esters is 1. The predicted molar refractivity (Wildman–Crippen MR) is 109 cm³/mol. The van der Waals surface area contributed by atoms with E-state index in [0.29, 0.717) is 11.6 Å². The number of anilines is 1. The average Bonchev–Trinajstić information content (AvgIpc) is 2.74. The number of piperidine rings is 1. The smallest absolute Gasteiger partial charge is 0.337 e. The highest BCUT2D eigenvalue weighted by Gasteiger charge is 2.20. The molecule has 1 heterocycles. The van der Waals surface area contributed by atoms with Crippen molar-refractivity contribution in [3.8, 4) is 11.5 Å². The number of likely N-dealkylation sites (tertiary alicyclic amines) is 1. The van der Waals surface area contributed by atoms with Crippen LogP contribution in [0, 0.1) is 0 Å². The van der Waals surface area contributed by atoms with Gasteiger partial charge in [-0.2, -0.15) is 0 Å². The van der Waals surface area contributed by atoms with Crippen molar-refractivity contribution in [3.05, 3.63) is 53.6 Å². The number of rotatable bonds is 7. The van der Waals surface area contributed by atoms with E-state index in [9.17, 15) is 4.79 Å². The lowest BCUT2D eigenvalue weighted by molar-refractivity contribution is 0.0600. The topological polar surface area (TPSA) is 60.0 Å². The molecule has 150 valence electrons. The number of nitrogens with zero attached hydrogens (tertiary/aromatic N) is 1. The van der Waals surface area contributed by atoms with Gasteiger partial charge in [-0.25, -0.2) is 4.79 Å². The number of benzene rings is 2. The fourth-order valence-corrected chi connectivity index (χ4v) is 3.60. The van der Waals surface area contributed by atoms with Gasteiger partial charge in [0.25, 0.3) is 0 Å². The van der Waals surface area contributed by atoms with Crippen LogP contribution in [-0.4, -0.2) is 51.3 Å². The number of methoxy groups -OCH3 is 3. The quantitative estimate of drug-likeness (QED) is 0.737. The molecule has 6 heteroatoms. The maximum Gasteiger partial charge on any atom is 0.337 e. The van der Waals surface area contributed by atoms with E-state index >= 15 is 0 Å². The molecule has 1 aliphatic heterocycles. The number of carbonyl (C=O) groups excluding carboxylic acids is 1. The Morgan fingerprint density at radius 2 is 1.82 bits per heavy atom. The molecular formula is C22H28N2O4. The van der Waals surface area contributed by atoms with Crippen LogP contribution in [0.1, 0.15) is 28.8 Å². The molecule has 0 spiro atoms. The van der Waals surface area contributed by atoms with Gasteiger partial charge in [-0.15, -0.1) is 0 Å². The molecule has 2 aromatic carbocycles. The highest BCUT2D eigenvalue weighted by atomic mass is 16.5. The molecule has 1 aliphatic rings. The standard InChI is InChI=1S/C22H28N2O4/c1-26-20-11-10-18(13-21(20)27-2)23-19-5-4-12-24(15-19)14-16-6-8-17(9-7-16)22(25)28-3/h6-11,13,19,23H,4-5,12,14-15H2,1-3H3. The third-order valence-electron chi connectivity index (χ3n) is 5.04. The molecular weight excluding hydrogens is 356 g/mol. The summed E-state index contributed by atoms with van der Waals surface area (Å²) < 4.78 is 15.5. The second kappa shape index (κ2) is 9.46. The third-order valence-corrected chi connectivity index (χ3v) is 5.04. The molecule has 0 saturated carbocycles. The predicted octanol–water partition coefficient (Wildman–Crippen LogP) is 3.57. The SMILES string of the molecule is COC(=O)c1ccc(CN2CCCC(Nc3ccc(OC)c(OC)c3)C2)cc1. The van der Waals surface area contributed by atoms with Gasteiger partial charge < -0.3 is 19.5 Å². The zero-order valence-corrected chi connectivity index (χ0v) is 16.7. The summed E-state index contributed by atoms with van der Waals surface area (Å²) in [5.41, 5.74) is 2.81. The van der Waals surface area contributed by atoms with Crippen molar-refractivity contribution >= 4 is 11.7 Å². The molecule has 1 unspecified atom stereocenters. The van der Waals surface area contributed by atoms with E-state index in [1.54, 1.807) is 14.2 Å². The van der Waals surface area contributed by atoms with Crippen LogP contribution in [0.3, 0.4) is 0 Å². The minimum atomic E-state index is -0.302. The minimum Gasteiger partial charge on any atom is -0.493 e. The summed E-state index contributed by atoms with van der Waals surface area (Å²) in [7, 11) is 4.69. The van der Waals surface area contributed by atoms with Crippen molar-refractivity contribution in [2.24, 2.45) is 0 Å². The van der Waals surface area contributed by atoms with Gasteiger partial charge in [0.05, 0.1) is 26.9 Å². The van der Waals surface area contributed by atoms with Gasteiger partial charge in [-0.05, 0) is 49.2 Å². The Bertz CT molecular complexity index is 792. The lowest BCUT2D eigenvalue weighted by Crippen LogP contribution is -2.41. The normalized spacial score (nSPS) is 17.0. The van der Waals surface area contributed by atoms with E-state index in [4.69, 9.17) is 14.2 Å². The van der Waals surface area contributed by atoms with Crippen molar-refractivity contribution in [1.29, 1.82) is 0 Å². The van der Waals surface area contributed by atoms with Gasteiger partial charge >= 0.3 is 5.97 Å². The zero-order valence-electron chi connectivity index (χ0n) is 16.7. The van der Waals surface area contributed by atoms with Crippen LogP contribution in [0.15, 0.2) is 42.5 Å². The number of carbonyl (C=O) groups is 1. The van der Waals surface area contributed by atoms with Crippen LogP contribution in [0.25, 0.3) is 0 Å². The lowest BCUT2D eigenvalue weighted by atomic mass is 10.0. The van der Waals surface area contributed by atoms with Crippen LogP contribution >= 0.6 is 0 Å². The molecule has 28 heavy (non-hydrogen) atoms. The molecule has 6 nitrogen and oxygen atoms in total. The zero-order chi connectivity index (χ0) is 19.9. The van der Waals surface area contributed by atoms with Crippen molar-refractivity contribution in [2.75, 3.05) is 39.7 Å². The molecule has 1 N–H and O–H groups in total. The summed E-state index contributed by atoms with van der Waals surface area (Å²) >= 11 is 0. The first-order chi connectivity index (χ1) is 13.6. The number of hydrogen-bond acceptors (Lipinski definition) is 6. The molecule has 0 aliphatic carbocycles. The van der Waals surface area contributed by atoms with E-state index in [2.05, 4.69) is 10.2 Å². The lowest BCUT2D eigenvalue weighted by Gasteiger charge is -2.33. The van der Waals surface area contributed by atoms with Crippen LogP contribution in [0.2, 0.25) is 0 Å². The first-order valence-corrected chi connectivity index (χ1v) is 9.51. The molecule has 1 atom stereocenters. The summed E-state index contributed by atoms with van der Waals surface area (Å²) in [6.45, 7) is 2.90. The molecule has 0 aromatic heterocycles. The third kappa shape index (κ3) is 4.95. The molecule has 0 bridgehead atoms. The Morgan fingerprint density at radius 3 is 2.50 bits per heavy atom. The van der Waals surface area contributed by atoms with Gasteiger partial charge in [-0.1, -0.05) is 12.1 Å². The Labute approximate surface area is 166 Å². The van der Waals surface area contributed by atoms with E-state index in [-0.39, 0.29) is 5.97 Å². The van der Waals surface area contributed by atoms with Crippen LogP contribution in [0.5, 0.6) is 11.5 Å². The summed E-state index contributed by atoms with van der Waals surface area (Å²) in [5, 5.41) is 3.62. The number of hydrogen-bond donors (Lipinski definition) is 1. The second-order valence-corrected chi connectivity index (χ2v) is 6.98. The summed E-state index contributed by atoms with van der Waals surface area (Å²) in [6.07, 6.45) is 2.28. The van der Waals surface area contributed by atoms with Gasteiger partial charge in [0.1, 0.15) is 0 Å². The highest BCUT2D eigenvalue weighted by molar-refractivity contribution is 5.89.